The molecule has 0 fully saturated rings. The van der Waals surface area contributed by atoms with Crippen LogP contribution in [0.1, 0.15) is 11.4 Å². The van der Waals surface area contributed by atoms with E-state index < -0.39 is 0 Å². The van der Waals surface area contributed by atoms with E-state index in [1.807, 2.05) is 13.8 Å². The number of rotatable bonds is 3. The van der Waals surface area contributed by atoms with E-state index in [1.165, 1.54) is 6.33 Å². The summed E-state index contributed by atoms with van der Waals surface area (Å²) < 4.78 is 8.07. The Morgan fingerprint density at radius 1 is 1.33 bits per heavy atom. The molecule has 6 nitrogen and oxygen atoms in total. The second-order valence-corrected chi connectivity index (χ2v) is 4.52. The van der Waals surface area contributed by atoms with Gasteiger partial charge in [-0.05, 0) is 29.8 Å². The Balaban J connectivity index is 2.67. The molecule has 0 aliphatic rings. The van der Waals surface area contributed by atoms with Crippen molar-refractivity contribution in [2.24, 2.45) is 0 Å². The van der Waals surface area contributed by atoms with Gasteiger partial charge in [-0.1, -0.05) is 0 Å². The van der Waals surface area contributed by atoms with Crippen LogP contribution in [0, 0.1) is 13.8 Å². The van der Waals surface area contributed by atoms with Crippen molar-refractivity contribution in [1.29, 1.82) is 0 Å². The molecule has 2 aromatic heterocycles. The van der Waals surface area contributed by atoms with E-state index in [4.69, 9.17) is 4.74 Å². The van der Waals surface area contributed by atoms with Gasteiger partial charge in [0.25, 0.3) is 0 Å². The summed E-state index contributed by atoms with van der Waals surface area (Å²) in [6.07, 6.45) is 1.48. The third-order valence-electron chi connectivity index (χ3n) is 2.63. The topological polar surface area (TPSA) is 64.9 Å². The first kappa shape index (κ1) is 12.8. The first-order valence-corrected chi connectivity index (χ1v) is 6.18. The van der Waals surface area contributed by atoms with E-state index in [-0.39, 0.29) is 0 Å². The molecule has 1 N–H and O–H groups in total. The maximum atomic E-state index is 5.36. The highest BCUT2D eigenvalue weighted by atomic mass is 79.9. The summed E-state index contributed by atoms with van der Waals surface area (Å²) in [5.74, 6) is 1.81. The zero-order valence-corrected chi connectivity index (χ0v) is 12.2. The van der Waals surface area contributed by atoms with Gasteiger partial charge >= 0.3 is 0 Å². The molecule has 2 aromatic rings. The summed E-state index contributed by atoms with van der Waals surface area (Å²) in [4.78, 5) is 8.36. The van der Waals surface area contributed by atoms with Crippen LogP contribution < -0.4 is 10.1 Å². The highest BCUT2D eigenvalue weighted by Crippen LogP contribution is 2.30. The Morgan fingerprint density at radius 2 is 2.06 bits per heavy atom. The number of halogens is 1. The fourth-order valence-electron chi connectivity index (χ4n) is 1.71. The molecular weight excluding hydrogens is 298 g/mol. The number of nitrogens with zero attached hydrogens (tertiary/aromatic N) is 4. The monoisotopic (exact) mass is 311 g/mol. The molecule has 0 atom stereocenters. The number of ether oxygens (including phenoxy) is 1. The van der Waals surface area contributed by atoms with Crippen LogP contribution in [-0.4, -0.2) is 33.9 Å². The minimum atomic E-state index is 0.568. The van der Waals surface area contributed by atoms with Crippen molar-refractivity contribution in [3.8, 4) is 11.6 Å². The van der Waals surface area contributed by atoms with Gasteiger partial charge in [0.15, 0.2) is 5.82 Å². The van der Waals surface area contributed by atoms with Crippen LogP contribution in [0.5, 0.6) is 5.75 Å². The predicted octanol–water partition coefficient (Wildman–Crippen LogP) is 2.09. The van der Waals surface area contributed by atoms with Crippen LogP contribution in [0.3, 0.4) is 0 Å². The molecule has 0 bridgehead atoms. The Labute approximate surface area is 114 Å². The molecule has 0 amide bonds. The Hall–Kier alpha value is -1.63. The van der Waals surface area contributed by atoms with Gasteiger partial charge in [-0.25, -0.2) is 14.6 Å². The minimum Gasteiger partial charge on any atom is -0.490 e. The maximum absolute atomic E-state index is 5.36. The highest BCUT2D eigenvalue weighted by molar-refractivity contribution is 9.10. The van der Waals surface area contributed by atoms with Gasteiger partial charge in [0.05, 0.1) is 23.0 Å². The second kappa shape index (κ2) is 4.93. The molecular formula is C11H14BrN5O. The number of methoxy groups -OCH3 is 1. The van der Waals surface area contributed by atoms with Crippen molar-refractivity contribution in [2.45, 2.75) is 13.8 Å². The number of hydrogen-bond acceptors (Lipinski definition) is 5. The lowest BCUT2D eigenvalue weighted by Crippen LogP contribution is -2.08. The zero-order valence-electron chi connectivity index (χ0n) is 10.7. The second-order valence-electron chi connectivity index (χ2n) is 3.73. The van der Waals surface area contributed by atoms with Crippen molar-refractivity contribution in [2.75, 3.05) is 19.5 Å². The molecule has 7 heteroatoms. The summed E-state index contributed by atoms with van der Waals surface area (Å²) in [6.45, 7) is 3.89. The van der Waals surface area contributed by atoms with Crippen LogP contribution in [0.15, 0.2) is 10.8 Å². The molecule has 18 heavy (non-hydrogen) atoms. The van der Waals surface area contributed by atoms with Gasteiger partial charge in [0.2, 0.25) is 11.6 Å². The smallest absolute Gasteiger partial charge is 0.206 e. The number of aryl methyl sites for hydroxylation is 1. The molecule has 0 aromatic carbocycles. The Kier molecular flexibility index (Phi) is 3.51. The fourth-order valence-corrected chi connectivity index (χ4v) is 1.96. The van der Waals surface area contributed by atoms with Crippen molar-refractivity contribution in [3.63, 3.8) is 0 Å². The van der Waals surface area contributed by atoms with Gasteiger partial charge in [0.1, 0.15) is 6.33 Å². The molecule has 2 rings (SSSR count). The van der Waals surface area contributed by atoms with Crippen molar-refractivity contribution in [3.05, 3.63) is 22.2 Å². The molecule has 0 unspecified atom stereocenters. The zero-order chi connectivity index (χ0) is 13.3. The van der Waals surface area contributed by atoms with E-state index in [9.17, 15) is 0 Å². The van der Waals surface area contributed by atoms with Gasteiger partial charge in [-0.3, -0.25) is 0 Å². The lowest BCUT2D eigenvalue weighted by Gasteiger charge is -2.11. The van der Waals surface area contributed by atoms with Crippen molar-refractivity contribution < 1.29 is 4.74 Å². The van der Waals surface area contributed by atoms with Crippen LogP contribution in [-0.2, 0) is 0 Å². The standard InChI is InChI=1S/C11H14BrN5O/c1-6-8(12)7(2)17(16-6)11-9(18-4)10(13-3)14-5-15-11/h5H,1-4H3,(H,13,14,15). The average Bonchev–Trinajstić information content (AvgIpc) is 2.65. The molecule has 0 saturated heterocycles. The third-order valence-corrected chi connectivity index (χ3v) is 3.78. The van der Waals surface area contributed by atoms with E-state index in [0.717, 1.165) is 15.9 Å². The largest absolute Gasteiger partial charge is 0.490 e. The molecule has 0 aliphatic heterocycles. The number of anilines is 1. The normalized spacial score (nSPS) is 10.5. The average molecular weight is 312 g/mol. The van der Waals surface area contributed by atoms with Gasteiger partial charge in [-0.15, -0.1) is 0 Å². The van der Waals surface area contributed by atoms with Crippen LogP contribution in [0.4, 0.5) is 5.82 Å². The predicted molar refractivity (Wildman–Crippen MR) is 72.4 cm³/mol. The fraction of sp³-hybridized carbons (Fsp3) is 0.364. The SMILES string of the molecule is CNc1ncnc(-n2nc(C)c(Br)c2C)c1OC. The summed E-state index contributed by atoms with van der Waals surface area (Å²) in [5.41, 5.74) is 1.87. The minimum absolute atomic E-state index is 0.568. The molecule has 2 heterocycles. The van der Waals surface area contributed by atoms with Crippen molar-refractivity contribution in [1.82, 2.24) is 19.7 Å². The highest BCUT2D eigenvalue weighted by Gasteiger charge is 2.18. The Bertz CT molecular complexity index is 581. The molecule has 0 radical (unpaired) electrons. The van der Waals surface area contributed by atoms with Gasteiger partial charge < -0.3 is 10.1 Å². The number of hydrogen-bond donors (Lipinski definition) is 1. The lowest BCUT2D eigenvalue weighted by atomic mass is 10.4. The summed E-state index contributed by atoms with van der Waals surface area (Å²) in [5, 5.41) is 7.40. The summed E-state index contributed by atoms with van der Waals surface area (Å²) in [6, 6.07) is 0. The summed E-state index contributed by atoms with van der Waals surface area (Å²) >= 11 is 3.50. The molecule has 96 valence electrons. The van der Waals surface area contributed by atoms with Crippen LogP contribution in [0.2, 0.25) is 0 Å². The quantitative estimate of drug-likeness (QED) is 0.940. The van der Waals surface area contributed by atoms with E-state index >= 15 is 0 Å². The molecule has 0 spiro atoms. The first-order chi connectivity index (χ1) is 8.60. The first-order valence-electron chi connectivity index (χ1n) is 5.39. The molecule has 0 saturated carbocycles. The molecule has 0 aliphatic carbocycles. The summed E-state index contributed by atoms with van der Waals surface area (Å²) in [7, 11) is 3.37. The van der Waals surface area contributed by atoms with Crippen LogP contribution >= 0.6 is 15.9 Å². The van der Waals surface area contributed by atoms with E-state index in [0.29, 0.717) is 17.4 Å². The Morgan fingerprint density at radius 3 is 2.56 bits per heavy atom. The maximum Gasteiger partial charge on any atom is 0.206 e. The lowest BCUT2D eigenvalue weighted by molar-refractivity contribution is 0.409. The van der Waals surface area contributed by atoms with Crippen LogP contribution in [0.25, 0.3) is 5.82 Å². The van der Waals surface area contributed by atoms with E-state index in [2.05, 4.69) is 36.3 Å². The number of nitrogens with one attached hydrogen (secondary N) is 1. The van der Waals surface area contributed by atoms with E-state index in [1.54, 1.807) is 18.8 Å². The number of aromatic nitrogens is 4. The third kappa shape index (κ3) is 1.94. The van der Waals surface area contributed by atoms with Gasteiger partial charge in [-0.2, -0.15) is 5.10 Å². The van der Waals surface area contributed by atoms with Gasteiger partial charge in [0, 0.05) is 7.05 Å². The van der Waals surface area contributed by atoms with Crippen molar-refractivity contribution >= 4 is 21.7 Å².